The van der Waals surface area contributed by atoms with Gasteiger partial charge in [-0.25, -0.2) is 0 Å². The Morgan fingerprint density at radius 1 is 1.45 bits per heavy atom. The molecule has 2 atom stereocenters. The second-order valence-electron chi connectivity index (χ2n) is 5.38. The SMILES string of the molecule is Cc1ccc(NC(=O)[C@@H]2CCC[C@@H]2CN)cc1OC(F)F.Cl. The fraction of sp³-hybridized carbons (Fsp3) is 0.533. The zero-order valence-corrected chi connectivity index (χ0v) is 13.2. The number of benzene rings is 1. The fourth-order valence-corrected chi connectivity index (χ4v) is 2.80. The molecule has 0 unspecified atom stereocenters. The van der Waals surface area contributed by atoms with Crippen LogP contribution in [0.15, 0.2) is 18.2 Å². The molecule has 3 N–H and O–H groups in total. The highest BCUT2D eigenvalue weighted by Gasteiger charge is 2.31. The number of anilines is 1. The number of aryl methyl sites for hydroxylation is 1. The Hall–Kier alpha value is -1.40. The van der Waals surface area contributed by atoms with E-state index in [0.717, 1.165) is 19.3 Å². The van der Waals surface area contributed by atoms with Gasteiger partial charge in [0.2, 0.25) is 5.91 Å². The first-order valence-corrected chi connectivity index (χ1v) is 7.07. The molecule has 2 rings (SSSR count). The largest absolute Gasteiger partial charge is 0.434 e. The lowest BCUT2D eigenvalue weighted by Gasteiger charge is -2.18. The van der Waals surface area contributed by atoms with Gasteiger partial charge >= 0.3 is 6.61 Å². The normalized spacial score (nSPS) is 20.6. The maximum Gasteiger partial charge on any atom is 0.387 e. The molecule has 1 aromatic rings. The van der Waals surface area contributed by atoms with E-state index < -0.39 is 6.61 Å². The van der Waals surface area contributed by atoms with Gasteiger partial charge in [0.25, 0.3) is 0 Å². The molecule has 1 fully saturated rings. The molecular formula is C15H21ClF2N2O2. The molecule has 1 aliphatic carbocycles. The van der Waals surface area contributed by atoms with Crippen LogP contribution in [0.3, 0.4) is 0 Å². The summed E-state index contributed by atoms with van der Waals surface area (Å²) in [5, 5.41) is 2.77. The number of carbonyl (C=O) groups excluding carboxylic acids is 1. The Kier molecular flexibility index (Phi) is 7.03. The number of carbonyl (C=O) groups is 1. The van der Waals surface area contributed by atoms with E-state index in [2.05, 4.69) is 10.1 Å². The fourth-order valence-electron chi connectivity index (χ4n) is 2.80. The van der Waals surface area contributed by atoms with E-state index >= 15 is 0 Å². The van der Waals surface area contributed by atoms with Crippen LogP contribution in [0.2, 0.25) is 0 Å². The first kappa shape index (κ1) is 18.6. The molecule has 0 radical (unpaired) electrons. The standard InChI is InChI=1S/C15H20F2N2O2.ClH/c1-9-5-6-11(7-13(9)21-15(16)17)19-14(20)12-4-2-3-10(12)8-18;/h5-7,10,12,15H,2-4,8,18H2,1H3,(H,19,20);1H/t10-,12-;/m1./s1. The van der Waals surface area contributed by atoms with Crippen LogP contribution in [-0.2, 0) is 4.79 Å². The highest BCUT2D eigenvalue weighted by Crippen LogP contribution is 2.32. The van der Waals surface area contributed by atoms with E-state index in [1.54, 1.807) is 19.1 Å². The molecule has 1 aromatic carbocycles. The second-order valence-corrected chi connectivity index (χ2v) is 5.38. The van der Waals surface area contributed by atoms with E-state index in [9.17, 15) is 13.6 Å². The van der Waals surface area contributed by atoms with E-state index in [0.29, 0.717) is 17.8 Å². The smallest absolute Gasteiger partial charge is 0.387 e. The van der Waals surface area contributed by atoms with Gasteiger partial charge in [-0.15, -0.1) is 12.4 Å². The number of amides is 1. The van der Waals surface area contributed by atoms with Crippen LogP contribution in [0, 0.1) is 18.8 Å². The molecule has 1 saturated carbocycles. The highest BCUT2D eigenvalue weighted by atomic mass is 35.5. The summed E-state index contributed by atoms with van der Waals surface area (Å²) in [5.41, 5.74) is 6.72. The first-order chi connectivity index (χ1) is 10.0. The lowest BCUT2D eigenvalue weighted by molar-refractivity contribution is -0.120. The molecule has 0 bridgehead atoms. The van der Waals surface area contributed by atoms with Crippen molar-refractivity contribution in [1.82, 2.24) is 0 Å². The Morgan fingerprint density at radius 2 is 2.18 bits per heavy atom. The van der Waals surface area contributed by atoms with Crippen LogP contribution < -0.4 is 15.8 Å². The Balaban J connectivity index is 0.00000242. The summed E-state index contributed by atoms with van der Waals surface area (Å²) in [6.07, 6.45) is 2.77. The van der Waals surface area contributed by atoms with Crippen LogP contribution in [0.4, 0.5) is 14.5 Å². The number of rotatable bonds is 5. The summed E-state index contributed by atoms with van der Waals surface area (Å²) in [5.74, 6) is 0.0717. The molecule has 124 valence electrons. The zero-order chi connectivity index (χ0) is 15.4. The van der Waals surface area contributed by atoms with Crippen molar-refractivity contribution < 1.29 is 18.3 Å². The molecule has 0 aromatic heterocycles. The van der Waals surface area contributed by atoms with E-state index in [1.807, 2.05) is 0 Å². The summed E-state index contributed by atoms with van der Waals surface area (Å²) in [6.45, 7) is -0.720. The third-order valence-corrected chi connectivity index (χ3v) is 3.97. The van der Waals surface area contributed by atoms with Crippen molar-refractivity contribution in [1.29, 1.82) is 0 Å². The third kappa shape index (κ3) is 4.55. The van der Waals surface area contributed by atoms with Crippen LogP contribution >= 0.6 is 12.4 Å². The summed E-state index contributed by atoms with van der Waals surface area (Å²) in [6, 6.07) is 4.74. The predicted octanol–water partition coefficient (Wildman–Crippen LogP) is 3.33. The molecule has 0 heterocycles. The summed E-state index contributed by atoms with van der Waals surface area (Å²) >= 11 is 0. The Morgan fingerprint density at radius 3 is 2.82 bits per heavy atom. The van der Waals surface area contributed by atoms with Crippen molar-refractivity contribution in [2.75, 3.05) is 11.9 Å². The quantitative estimate of drug-likeness (QED) is 0.868. The molecule has 0 aliphatic heterocycles. The van der Waals surface area contributed by atoms with Crippen molar-refractivity contribution in [3.05, 3.63) is 23.8 Å². The maximum absolute atomic E-state index is 12.3. The van der Waals surface area contributed by atoms with Crippen molar-refractivity contribution >= 4 is 24.0 Å². The average molecular weight is 335 g/mol. The minimum absolute atomic E-state index is 0. The van der Waals surface area contributed by atoms with Crippen molar-refractivity contribution in [2.45, 2.75) is 32.8 Å². The van der Waals surface area contributed by atoms with Crippen molar-refractivity contribution in [3.63, 3.8) is 0 Å². The lowest BCUT2D eigenvalue weighted by Crippen LogP contribution is -2.29. The molecule has 1 aliphatic rings. The summed E-state index contributed by atoms with van der Waals surface area (Å²) < 4.78 is 29.1. The second kappa shape index (κ2) is 8.29. The number of nitrogens with two attached hydrogens (primary N) is 1. The van der Waals surface area contributed by atoms with E-state index in [1.165, 1.54) is 6.07 Å². The van der Waals surface area contributed by atoms with Gasteiger partial charge in [-0.2, -0.15) is 8.78 Å². The number of hydrogen-bond acceptors (Lipinski definition) is 3. The zero-order valence-electron chi connectivity index (χ0n) is 12.4. The Bertz CT molecular complexity index is 514. The predicted molar refractivity (Wildman–Crippen MR) is 83.6 cm³/mol. The molecule has 4 nitrogen and oxygen atoms in total. The average Bonchev–Trinajstić information content (AvgIpc) is 2.90. The lowest BCUT2D eigenvalue weighted by atomic mass is 9.95. The van der Waals surface area contributed by atoms with Crippen LogP contribution in [0.5, 0.6) is 5.75 Å². The monoisotopic (exact) mass is 334 g/mol. The number of hydrogen-bond donors (Lipinski definition) is 2. The first-order valence-electron chi connectivity index (χ1n) is 7.07. The molecule has 7 heteroatoms. The van der Waals surface area contributed by atoms with Crippen molar-refractivity contribution in [3.8, 4) is 5.75 Å². The number of ether oxygens (including phenoxy) is 1. The topological polar surface area (TPSA) is 64.4 Å². The van der Waals surface area contributed by atoms with Crippen molar-refractivity contribution in [2.24, 2.45) is 17.6 Å². The van der Waals surface area contributed by atoms with Crippen LogP contribution in [0.25, 0.3) is 0 Å². The molecule has 22 heavy (non-hydrogen) atoms. The summed E-state index contributed by atoms with van der Waals surface area (Å²) in [4.78, 5) is 12.2. The minimum Gasteiger partial charge on any atom is -0.434 e. The van der Waals surface area contributed by atoms with Gasteiger partial charge in [0, 0.05) is 17.7 Å². The minimum atomic E-state index is -2.88. The van der Waals surface area contributed by atoms with E-state index in [4.69, 9.17) is 5.73 Å². The van der Waals surface area contributed by atoms with Gasteiger partial charge in [-0.3, -0.25) is 4.79 Å². The maximum atomic E-state index is 12.3. The molecule has 0 spiro atoms. The molecule has 1 amide bonds. The van der Waals surface area contributed by atoms with Gasteiger partial charge in [0.05, 0.1) is 0 Å². The number of alkyl halides is 2. The van der Waals surface area contributed by atoms with Crippen LogP contribution in [-0.4, -0.2) is 19.1 Å². The van der Waals surface area contributed by atoms with Gasteiger partial charge in [0.1, 0.15) is 5.75 Å². The Labute approximate surface area is 134 Å². The third-order valence-electron chi connectivity index (χ3n) is 3.97. The molecular weight excluding hydrogens is 314 g/mol. The van der Waals surface area contributed by atoms with Crippen LogP contribution in [0.1, 0.15) is 24.8 Å². The highest BCUT2D eigenvalue weighted by molar-refractivity contribution is 5.93. The van der Waals surface area contributed by atoms with E-state index in [-0.39, 0.29) is 35.9 Å². The molecule has 0 saturated heterocycles. The number of halogens is 3. The van der Waals surface area contributed by atoms with Gasteiger partial charge in [-0.05, 0) is 43.9 Å². The van der Waals surface area contributed by atoms with Gasteiger partial charge < -0.3 is 15.8 Å². The summed E-state index contributed by atoms with van der Waals surface area (Å²) in [7, 11) is 0. The van der Waals surface area contributed by atoms with Gasteiger partial charge in [0.15, 0.2) is 0 Å². The number of nitrogens with one attached hydrogen (secondary N) is 1. The van der Waals surface area contributed by atoms with Gasteiger partial charge in [-0.1, -0.05) is 12.5 Å².